The maximum atomic E-state index is 12.2. The first-order valence-electron chi connectivity index (χ1n) is 8.52. The van der Waals surface area contributed by atoms with E-state index in [0.29, 0.717) is 19.0 Å². The van der Waals surface area contributed by atoms with Crippen LogP contribution in [-0.4, -0.2) is 55.2 Å². The van der Waals surface area contributed by atoms with Crippen molar-refractivity contribution >= 4 is 29.1 Å². The summed E-state index contributed by atoms with van der Waals surface area (Å²) in [4.78, 5) is 16.3. The molecule has 1 aromatic carbocycles. The quantitative estimate of drug-likeness (QED) is 0.646. The van der Waals surface area contributed by atoms with E-state index in [-0.39, 0.29) is 6.09 Å². The molecular weight excluding hydrogens is 326 g/mol. The summed E-state index contributed by atoms with van der Waals surface area (Å²) in [6.07, 6.45) is 0.707. The lowest BCUT2D eigenvalue weighted by Gasteiger charge is -2.37. The average Bonchev–Trinajstić information content (AvgIpc) is 2.54. The van der Waals surface area contributed by atoms with Crippen LogP contribution in [0, 0.1) is 0 Å². The van der Waals surface area contributed by atoms with Gasteiger partial charge in [-0.2, -0.15) is 0 Å². The molecule has 0 radical (unpaired) electrons. The Morgan fingerprint density at radius 3 is 2.50 bits per heavy atom. The number of ether oxygens (including phenoxy) is 1. The highest BCUT2D eigenvalue weighted by atomic mass is 35.5. The third kappa shape index (κ3) is 5.48. The summed E-state index contributed by atoms with van der Waals surface area (Å²) < 4.78 is 5.45. The third-order valence-electron chi connectivity index (χ3n) is 3.80. The highest BCUT2D eigenvalue weighted by Crippen LogP contribution is 2.27. The Kier molecular flexibility index (Phi) is 6.60. The minimum absolute atomic E-state index is 0.226. The van der Waals surface area contributed by atoms with Gasteiger partial charge in [-0.15, -0.1) is 11.6 Å². The molecule has 1 N–H and O–H groups in total. The van der Waals surface area contributed by atoms with Crippen molar-refractivity contribution in [3.63, 3.8) is 0 Å². The van der Waals surface area contributed by atoms with Crippen molar-refractivity contribution < 1.29 is 9.53 Å². The van der Waals surface area contributed by atoms with Crippen molar-refractivity contribution in [2.75, 3.05) is 48.8 Å². The number of rotatable bonds is 5. The number of nitrogens with one attached hydrogen (secondary N) is 1. The number of hydrogen-bond donors (Lipinski definition) is 1. The molecule has 0 aromatic heterocycles. The van der Waals surface area contributed by atoms with Crippen LogP contribution in [0.5, 0.6) is 0 Å². The maximum Gasteiger partial charge on any atom is 0.410 e. The standard InChI is InChI=1S/C18H28ClN3O2/c1-18(2,3)24-17(23)22-13-11-21(12-14-22)16-8-5-4-7-15(16)20-10-6-9-19/h4-5,7-8,20H,6,9-14H2,1-3H3. The van der Waals surface area contributed by atoms with Crippen LogP contribution in [0.2, 0.25) is 0 Å². The van der Waals surface area contributed by atoms with Crippen LogP contribution in [-0.2, 0) is 4.74 Å². The Morgan fingerprint density at radius 1 is 1.21 bits per heavy atom. The number of piperazine rings is 1. The van der Waals surface area contributed by atoms with E-state index >= 15 is 0 Å². The van der Waals surface area contributed by atoms with E-state index in [1.807, 2.05) is 32.9 Å². The topological polar surface area (TPSA) is 44.8 Å². The smallest absolute Gasteiger partial charge is 0.410 e. The van der Waals surface area contributed by atoms with Gasteiger partial charge in [0.2, 0.25) is 0 Å². The van der Waals surface area contributed by atoms with Crippen LogP contribution < -0.4 is 10.2 Å². The lowest BCUT2D eigenvalue weighted by atomic mass is 10.2. The zero-order valence-electron chi connectivity index (χ0n) is 14.8. The minimum Gasteiger partial charge on any atom is -0.444 e. The number of carbonyl (C=O) groups is 1. The van der Waals surface area contributed by atoms with E-state index in [1.54, 1.807) is 4.90 Å². The molecule has 1 heterocycles. The van der Waals surface area contributed by atoms with Gasteiger partial charge in [-0.1, -0.05) is 12.1 Å². The second-order valence-electron chi connectivity index (χ2n) is 6.94. The van der Waals surface area contributed by atoms with Crippen LogP contribution in [0.1, 0.15) is 27.2 Å². The molecule has 5 nitrogen and oxygen atoms in total. The van der Waals surface area contributed by atoms with Crippen molar-refractivity contribution in [3.05, 3.63) is 24.3 Å². The second kappa shape index (κ2) is 8.47. The summed E-state index contributed by atoms with van der Waals surface area (Å²) in [6.45, 7) is 9.48. The lowest BCUT2D eigenvalue weighted by Crippen LogP contribution is -2.50. The minimum atomic E-state index is -0.451. The molecule has 1 amide bonds. The van der Waals surface area contributed by atoms with Crippen LogP contribution >= 0.6 is 11.6 Å². The highest BCUT2D eigenvalue weighted by molar-refractivity contribution is 6.17. The predicted molar refractivity (Wildman–Crippen MR) is 100 cm³/mol. The molecule has 0 atom stereocenters. The summed E-state index contributed by atoms with van der Waals surface area (Å²) in [5.74, 6) is 0.656. The predicted octanol–water partition coefficient (Wildman–Crippen LogP) is 3.78. The Bertz CT molecular complexity index is 537. The van der Waals surface area contributed by atoms with Gasteiger partial charge < -0.3 is 19.9 Å². The van der Waals surface area contributed by atoms with Gasteiger partial charge in [0.15, 0.2) is 0 Å². The second-order valence-corrected chi connectivity index (χ2v) is 7.32. The van der Waals surface area contributed by atoms with Crippen LogP contribution in [0.4, 0.5) is 16.2 Å². The number of para-hydroxylation sites is 2. The van der Waals surface area contributed by atoms with E-state index in [4.69, 9.17) is 16.3 Å². The molecule has 0 spiro atoms. The van der Waals surface area contributed by atoms with Gasteiger partial charge in [0.1, 0.15) is 5.60 Å². The summed E-state index contributed by atoms with van der Waals surface area (Å²) in [7, 11) is 0. The summed E-state index contributed by atoms with van der Waals surface area (Å²) in [6, 6.07) is 8.28. The average molecular weight is 354 g/mol. The van der Waals surface area contributed by atoms with Gasteiger partial charge in [0, 0.05) is 38.6 Å². The molecular formula is C18H28ClN3O2. The molecule has 0 aliphatic carbocycles. The fourth-order valence-electron chi connectivity index (χ4n) is 2.65. The van der Waals surface area contributed by atoms with Gasteiger partial charge in [-0.3, -0.25) is 0 Å². The van der Waals surface area contributed by atoms with Crippen molar-refractivity contribution in [1.82, 2.24) is 4.90 Å². The zero-order chi connectivity index (χ0) is 17.6. The molecule has 0 bridgehead atoms. The van der Waals surface area contributed by atoms with Gasteiger partial charge in [0.25, 0.3) is 0 Å². The Hall–Kier alpha value is -1.62. The Balaban J connectivity index is 1.93. The van der Waals surface area contributed by atoms with Crippen LogP contribution in [0.25, 0.3) is 0 Å². The van der Waals surface area contributed by atoms with Gasteiger partial charge in [-0.05, 0) is 39.3 Å². The van der Waals surface area contributed by atoms with E-state index in [0.717, 1.165) is 31.7 Å². The Labute approximate surface area is 149 Å². The monoisotopic (exact) mass is 353 g/mol. The number of hydrogen-bond acceptors (Lipinski definition) is 4. The molecule has 1 aliphatic heterocycles. The largest absolute Gasteiger partial charge is 0.444 e. The zero-order valence-corrected chi connectivity index (χ0v) is 15.6. The van der Waals surface area contributed by atoms with Crippen molar-refractivity contribution in [1.29, 1.82) is 0 Å². The SMILES string of the molecule is CC(C)(C)OC(=O)N1CCN(c2ccccc2NCCCCl)CC1. The highest BCUT2D eigenvalue weighted by Gasteiger charge is 2.26. The molecule has 1 aliphatic rings. The molecule has 0 saturated carbocycles. The molecule has 1 saturated heterocycles. The summed E-state index contributed by atoms with van der Waals surface area (Å²) >= 11 is 5.75. The number of nitrogens with zero attached hydrogens (tertiary/aromatic N) is 2. The number of alkyl halides is 1. The van der Waals surface area contributed by atoms with Gasteiger partial charge in [0.05, 0.1) is 11.4 Å². The van der Waals surface area contributed by atoms with Crippen LogP contribution in [0.3, 0.4) is 0 Å². The summed E-state index contributed by atoms with van der Waals surface area (Å²) in [5, 5.41) is 3.45. The number of benzene rings is 1. The molecule has 6 heteroatoms. The van der Waals surface area contributed by atoms with E-state index in [9.17, 15) is 4.79 Å². The number of anilines is 2. The summed E-state index contributed by atoms with van der Waals surface area (Å²) in [5.41, 5.74) is 1.84. The van der Waals surface area contributed by atoms with Crippen molar-refractivity contribution in [2.45, 2.75) is 32.8 Å². The van der Waals surface area contributed by atoms with Gasteiger partial charge in [-0.25, -0.2) is 4.79 Å². The molecule has 24 heavy (non-hydrogen) atoms. The maximum absolute atomic E-state index is 12.2. The Morgan fingerprint density at radius 2 is 1.88 bits per heavy atom. The van der Waals surface area contributed by atoms with E-state index < -0.39 is 5.60 Å². The molecule has 1 fully saturated rings. The molecule has 0 unspecified atom stereocenters. The first-order valence-corrected chi connectivity index (χ1v) is 9.06. The normalized spacial score (nSPS) is 15.3. The third-order valence-corrected chi connectivity index (χ3v) is 4.07. The fourth-order valence-corrected chi connectivity index (χ4v) is 2.78. The van der Waals surface area contributed by atoms with Crippen molar-refractivity contribution in [2.24, 2.45) is 0 Å². The number of carbonyl (C=O) groups excluding carboxylic acids is 1. The lowest BCUT2D eigenvalue weighted by molar-refractivity contribution is 0.0240. The van der Waals surface area contributed by atoms with E-state index in [2.05, 4.69) is 22.3 Å². The molecule has 1 aromatic rings. The number of amides is 1. The van der Waals surface area contributed by atoms with Crippen molar-refractivity contribution in [3.8, 4) is 0 Å². The van der Waals surface area contributed by atoms with Gasteiger partial charge >= 0.3 is 6.09 Å². The molecule has 134 valence electrons. The number of halogens is 1. The van der Waals surface area contributed by atoms with Crippen LogP contribution in [0.15, 0.2) is 24.3 Å². The fraction of sp³-hybridized carbons (Fsp3) is 0.611. The first kappa shape index (κ1) is 18.7. The molecule has 2 rings (SSSR count). The van der Waals surface area contributed by atoms with E-state index in [1.165, 1.54) is 5.69 Å². The first-order chi connectivity index (χ1) is 11.4.